The van der Waals surface area contributed by atoms with Crippen molar-refractivity contribution in [3.63, 3.8) is 0 Å². The van der Waals surface area contributed by atoms with Gasteiger partial charge in [0.25, 0.3) is 0 Å². The summed E-state index contributed by atoms with van der Waals surface area (Å²) in [7, 11) is 1.32. The number of hydrogen-bond donors (Lipinski definition) is 1. The van der Waals surface area contributed by atoms with Gasteiger partial charge in [0.15, 0.2) is 0 Å². The summed E-state index contributed by atoms with van der Waals surface area (Å²) in [5, 5.41) is 3.01. The van der Waals surface area contributed by atoms with E-state index < -0.39 is 11.5 Å². The number of methoxy groups -OCH3 is 1. The van der Waals surface area contributed by atoms with Crippen LogP contribution in [-0.2, 0) is 9.53 Å². The summed E-state index contributed by atoms with van der Waals surface area (Å²) in [5.74, 6) is -0.362. The smallest absolute Gasteiger partial charge is 0.329 e. The summed E-state index contributed by atoms with van der Waals surface area (Å²) >= 11 is 0. The van der Waals surface area contributed by atoms with Crippen LogP contribution in [0.2, 0.25) is 0 Å². The Balaban J connectivity index is 2.76. The molecule has 0 saturated carbocycles. The van der Waals surface area contributed by atoms with Gasteiger partial charge < -0.3 is 9.47 Å². The van der Waals surface area contributed by atoms with E-state index in [4.69, 9.17) is 9.47 Å². The van der Waals surface area contributed by atoms with Crippen molar-refractivity contribution in [3.8, 4) is 5.75 Å². The molecule has 1 atom stereocenters. The third kappa shape index (κ3) is 3.92. The van der Waals surface area contributed by atoms with Gasteiger partial charge in [0.2, 0.25) is 0 Å². The van der Waals surface area contributed by atoms with Crippen LogP contribution < -0.4 is 10.1 Å². The molecule has 106 valence electrons. The van der Waals surface area contributed by atoms with Gasteiger partial charge in [0.1, 0.15) is 23.7 Å². The third-order valence-electron chi connectivity index (χ3n) is 2.87. The second-order valence-corrected chi connectivity index (χ2v) is 4.55. The maximum absolute atomic E-state index is 13.4. The highest BCUT2D eigenvalue weighted by Gasteiger charge is 2.34. The molecule has 1 N–H and O–H groups in total. The second kappa shape index (κ2) is 6.52. The molecule has 0 fully saturated rings. The van der Waals surface area contributed by atoms with E-state index in [1.54, 1.807) is 26.0 Å². The van der Waals surface area contributed by atoms with Crippen LogP contribution in [0.25, 0.3) is 0 Å². The van der Waals surface area contributed by atoms with Gasteiger partial charge >= 0.3 is 5.97 Å². The van der Waals surface area contributed by atoms with Gasteiger partial charge in [0.05, 0.1) is 7.11 Å². The molecule has 0 amide bonds. The number of ether oxygens (including phenoxy) is 2. The lowest BCUT2D eigenvalue weighted by atomic mass is 10.0. The summed E-state index contributed by atoms with van der Waals surface area (Å²) in [5.41, 5.74) is -0.403. The summed E-state index contributed by atoms with van der Waals surface area (Å²) in [6.45, 7) is 5.91. The number of likely N-dealkylation sites (N-methyl/N-ethyl adjacent to an activating group) is 1. The average Bonchev–Trinajstić information content (AvgIpc) is 2.39. The number of carbonyl (C=O) groups excluding carboxylic acids is 1. The van der Waals surface area contributed by atoms with Crippen molar-refractivity contribution in [2.75, 3.05) is 20.3 Å². The first-order chi connectivity index (χ1) is 8.92. The van der Waals surface area contributed by atoms with E-state index in [9.17, 15) is 9.18 Å². The van der Waals surface area contributed by atoms with E-state index in [-0.39, 0.29) is 12.4 Å². The average molecular weight is 269 g/mol. The van der Waals surface area contributed by atoms with Crippen molar-refractivity contribution < 1.29 is 18.7 Å². The number of rotatable bonds is 6. The first kappa shape index (κ1) is 15.4. The molecule has 0 aliphatic carbocycles. The number of benzene rings is 1. The lowest BCUT2D eigenvalue weighted by molar-refractivity contribution is -0.149. The van der Waals surface area contributed by atoms with Crippen LogP contribution in [-0.4, -0.2) is 31.8 Å². The van der Waals surface area contributed by atoms with Crippen LogP contribution in [0, 0.1) is 12.7 Å². The Morgan fingerprint density at radius 2 is 2.16 bits per heavy atom. The predicted molar refractivity (Wildman–Crippen MR) is 70.7 cm³/mol. The van der Waals surface area contributed by atoms with E-state index in [0.29, 0.717) is 17.9 Å². The van der Waals surface area contributed by atoms with Crippen LogP contribution in [0.1, 0.15) is 19.4 Å². The van der Waals surface area contributed by atoms with Crippen molar-refractivity contribution in [2.45, 2.75) is 26.3 Å². The SMILES string of the molecule is CCNC(C)(COc1ccc(C)c(F)c1)C(=O)OC. The van der Waals surface area contributed by atoms with E-state index >= 15 is 0 Å². The predicted octanol–water partition coefficient (Wildman–Crippen LogP) is 2.05. The van der Waals surface area contributed by atoms with Crippen molar-refractivity contribution >= 4 is 5.97 Å². The largest absolute Gasteiger partial charge is 0.491 e. The molecule has 0 radical (unpaired) electrons. The van der Waals surface area contributed by atoms with E-state index in [1.165, 1.54) is 13.2 Å². The maximum atomic E-state index is 13.4. The Morgan fingerprint density at radius 1 is 1.47 bits per heavy atom. The maximum Gasteiger partial charge on any atom is 0.329 e. The highest BCUT2D eigenvalue weighted by molar-refractivity contribution is 5.80. The minimum Gasteiger partial charge on any atom is -0.491 e. The quantitative estimate of drug-likeness (QED) is 0.803. The van der Waals surface area contributed by atoms with E-state index in [1.807, 2.05) is 6.92 Å². The molecule has 1 rings (SSSR count). The number of nitrogens with one attached hydrogen (secondary N) is 1. The van der Waals surface area contributed by atoms with Gasteiger partial charge in [-0.15, -0.1) is 0 Å². The summed E-state index contributed by atoms with van der Waals surface area (Å²) in [6, 6.07) is 4.61. The Hall–Kier alpha value is -1.62. The van der Waals surface area contributed by atoms with Crippen LogP contribution in [0.15, 0.2) is 18.2 Å². The number of esters is 1. The highest BCUT2D eigenvalue weighted by Crippen LogP contribution is 2.18. The highest BCUT2D eigenvalue weighted by atomic mass is 19.1. The van der Waals surface area contributed by atoms with Crippen LogP contribution in [0.5, 0.6) is 5.75 Å². The summed E-state index contributed by atoms with van der Waals surface area (Å²) in [4.78, 5) is 11.7. The number of carbonyl (C=O) groups is 1. The van der Waals surface area contributed by atoms with Gasteiger partial charge in [-0.3, -0.25) is 5.32 Å². The normalized spacial score (nSPS) is 13.7. The molecule has 0 saturated heterocycles. The fraction of sp³-hybridized carbons (Fsp3) is 0.500. The van der Waals surface area contributed by atoms with Crippen LogP contribution in [0.4, 0.5) is 4.39 Å². The number of halogens is 1. The van der Waals surface area contributed by atoms with Gasteiger partial charge in [0, 0.05) is 6.07 Å². The fourth-order valence-corrected chi connectivity index (χ4v) is 1.69. The van der Waals surface area contributed by atoms with E-state index in [2.05, 4.69) is 5.32 Å². The fourth-order valence-electron chi connectivity index (χ4n) is 1.69. The Morgan fingerprint density at radius 3 is 2.68 bits per heavy atom. The zero-order valence-electron chi connectivity index (χ0n) is 11.7. The standard InChI is InChI=1S/C14H20FNO3/c1-5-16-14(3,13(17)18-4)9-19-11-7-6-10(2)12(15)8-11/h6-8,16H,5,9H2,1-4H3. The molecule has 1 aromatic rings. The molecule has 0 aliphatic rings. The summed E-state index contributed by atoms with van der Waals surface area (Å²) in [6.07, 6.45) is 0. The molecule has 5 heteroatoms. The monoisotopic (exact) mass is 269 g/mol. The third-order valence-corrected chi connectivity index (χ3v) is 2.87. The molecule has 0 aliphatic heterocycles. The number of aryl methyl sites for hydroxylation is 1. The minimum atomic E-state index is -0.954. The molecular weight excluding hydrogens is 249 g/mol. The van der Waals surface area contributed by atoms with Gasteiger partial charge in [-0.2, -0.15) is 0 Å². The zero-order chi connectivity index (χ0) is 14.5. The van der Waals surface area contributed by atoms with Crippen LogP contribution >= 0.6 is 0 Å². The van der Waals surface area contributed by atoms with Gasteiger partial charge in [-0.25, -0.2) is 9.18 Å². The lowest BCUT2D eigenvalue weighted by Crippen LogP contribution is -2.54. The first-order valence-electron chi connectivity index (χ1n) is 6.15. The second-order valence-electron chi connectivity index (χ2n) is 4.55. The molecule has 4 nitrogen and oxygen atoms in total. The van der Waals surface area contributed by atoms with Crippen molar-refractivity contribution in [2.24, 2.45) is 0 Å². The molecule has 0 heterocycles. The molecule has 0 spiro atoms. The van der Waals surface area contributed by atoms with Crippen molar-refractivity contribution in [1.29, 1.82) is 0 Å². The molecule has 1 aromatic carbocycles. The minimum absolute atomic E-state index is 0.0655. The summed E-state index contributed by atoms with van der Waals surface area (Å²) < 4.78 is 23.6. The molecular formula is C14H20FNO3. The Kier molecular flexibility index (Phi) is 5.30. The topological polar surface area (TPSA) is 47.6 Å². The van der Waals surface area contributed by atoms with Crippen LogP contribution in [0.3, 0.4) is 0 Å². The first-order valence-corrected chi connectivity index (χ1v) is 6.15. The Bertz CT molecular complexity index is 450. The van der Waals surface area contributed by atoms with Gasteiger partial charge in [-0.05, 0) is 32.0 Å². The van der Waals surface area contributed by atoms with Crippen molar-refractivity contribution in [1.82, 2.24) is 5.32 Å². The Labute approximate surface area is 112 Å². The zero-order valence-corrected chi connectivity index (χ0v) is 11.7. The van der Waals surface area contributed by atoms with E-state index in [0.717, 1.165) is 0 Å². The van der Waals surface area contributed by atoms with Crippen molar-refractivity contribution in [3.05, 3.63) is 29.6 Å². The molecule has 0 aromatic heterocycles. The molecule has 1 unspecified atom stereocenters. The van der Waals surface area contributed by atoms with Gasteiger partial charge in [-0.1, -0.05) is 13.0 Å². The number of hydrogen-bond acceptors (Lipinski definition) is 4. The molecule has 0 bridgehead atoms. The lowest BCUT2D eigenvalue weighted by Gasteiger charge is -2.27. The molecule has 19 heavy (non-hydrogen) atoms.